The van der Waals surface area contributed by atoms with E-state index in [0.717, 1.165) is 54.0 Å². The molecule has 1 aliphatic rings. The molecule has 0 aliphatic carbocycles. The Morgan fingerprint density at radius 2 is 1.71 bits per heavy atom. The van der Waals surface area contributed by atoms with E-state index in [1.807, 2.05) is 61.5 Å². The van der Waals surface area contributed by atoms with Crippen LogP contribution in [0.3, 0.4) is 0 Å². The highest BCUT2D eigenvalue weighted by atomic mass is 32.1. The van der Waals surface area contributed by atoms with Gasteiger partial charge in [-0.3, -0.25) is 9.36 Å². The second-order valence-corrected chi connectivity index (χ2v) is 9.88. The van der Waals surface area contributed by atoms with Gasteiger partial charge < -0.3 is 15.4 Å². The molecule has 1 aromatic heterocycles. The van der Waals surface area contributed by atoms with Crippen molar-refractivity contribution in [3.05, 3.63) is 81.1 Å². The van der Waals surface area contributed by atoms with Crippen molar-refractivity contribution in [2.24, 2.45) is 5.10 Å². The van der Waals surface area contributed by atoms with Crippen molar-refractivity contribution >= 4 is 57.5 Å². The fraction of sp³-hybridized carbons (Fsp3) is 0.192. The average molecular weight is 504 g/mol. The van der Waals surface area contributed by atoms with Crippen molar-refractivity contribution in [2.45, 2.75) is 6.92 Å². The number of hydrogen-bond donors (Lipinski definition) is 2. The third-order valence-electron chi connectivity index (χ3n) is 6.03. The maximum atomic E-state index is 12.9. The third kappa shape index (κ3) is 4.84. The van der Waals surface area contributed by atoms with E-state index in [9.17, 15) is 4.79 Å². The lowest BCUT2D eigenvalue weighted by Gasteiger charge is -2.28. The molecule has 1 amide bonds. The average Bonchev–Trinajstić information content (AvgIpc) is 3.21. The zero-order chi connectivity index (χ0) is 24.4. The van der Waals surface area contributed by atoms with Crippen molar-refractivity contribution in [3.8, 4) is 5.69 Å². The molecular weight excluding hydrogens is 478 g/mol. The predicted octanol–water partition coefficient (Wildman–Crippen LogP) is 4.99. The number of carbonyl (C=O) groups is 1. The number of morpholine rings is 1. The van der Waals surface area contributed by atoms with Crippen LogP contribution in [0.5, 0.6) is 0 Å². The van der Waals surface area contributed by atoms with Gasteiger partial charge in [-0.25, -0.2) is 5.43 Å². The summed E-state index contributed by atoms with van der Waals surface area (Å²) >= 11 is 6.71. The summed E-state index contributed by atoms with van der Waals surface area (Å²) in [7, 11) is 0. The van der Waals surface area contributed by atoms with E-state index in [0.29, 0.717) is 20.4 Å². The molecule has 178 valence electrons. The largest absolute Gasteiger partial charge is 0.383 e. The van der Waals surface area contributed by atoms with Crippen LogP contribution in [0.1, 0.15) is 22.2 Å². The number of hydrogen-bond acceptors (Lipinski definition) is 7. The second kappa shape index (κ2) is 9.99. The number of ether oxygens (including phenoxy) is 1. The van der Waals surface area contributed by atoms with E-state index in [1.54, 1.807) is 4.57 Å². The summed E-state index contributed by atoms with van der Waals surface area (Å²) < 4.78 is 7.64. The molecule has 0 saturated carbocycles. The van der Waals surface area contributed by atoms with Crippen molar-refractivity contribution in [1.82, 2.24) is 9.99 Å². The lowest BCUT2D eigenvalue weighted by Crippen LogP contribution is -2.36. The number of aromatic nitrogens is 1. The van der Waals surface area contributed by atoms with Crippen molar-refractivity contribution < 1.29 is 9.53 Å². The first-order chi connectivity index (χ1) is 17.0. The molecule has 3 aromatic carbocycles. The molecule has 2 heterocycles. The van der Waals surface area contributed by atoms with E-state index in [4.69, 9.17) is 22.7 Å². The number of anilines is 2. The highest BCUT2D eigenvalue weighted by molar-refractivity contribution is 7.73. The Hall–Kier alpha value is -3.53. The molecule has 5 rings (SSSR count). The van der Waals surface area contributed by atoms with Crippen molar-refractivity contribution in [2.75, 3.05) is 36.9 Å². The number of rotatable bonds is 5. The molecule has 0 spiro atoms. The highest BCUT2D eigenvalue weighted by Crippen LogP contribution is 2.28. The standard InChI is InChI=1S/C26H25N5O2S2/c1-17(18-6-9-21(10-7-18)30-12-14-33-15-13-30)28-29-25(32)23-24(27)31(26(34)35-23)22-11-8-19-4-2-3-5-20(19)16-22/h2-11,16H,12-15,27H2,1H3,(H,29,32)/b28-17+. The Bertz CT molecular complexity index is 1470. The summed E-state index contributed by atoms with van der Waals surface area (Å²) in [5.74, 6) is -0.0853. The zero-order valence-corrected chi connectivity index (χ0v) is 20.9. The molecule has 1 fully saturated rings. The SMILES string of the molecule is C/C(=N\NC(=O)c1sc(=S)n(-c2ccc3ccccc3c2)c1N)c1ccc(N2CCOCC2)cc1. The van der Waals surface area contributed by atoms with E-state index < -0.39 is 0 Å². The molecule has 3 N–H and O–H groups in total. The first kappa shape index (κ1) is 23.2. The van der Waals surface area contributed by atoms with Gasteiger partial charge in [0.05, 0.1) is 18.9 Å². The van der Waals surface area contributed by atoms with E-state index in [2.05, 4.69) is 27.6 Å². The van der Waals surface area contributed by atoms with Gasteiger partial charge >= 0.3 is 0 Å². The van der Waals surface area contributed by atoms with Crippen LogP contribution in [0.4, 0.5) is 11.5 Å². The summed E-state index contributed by atoms with van der Waals surface area (Å²) in [6.45, 7) is 5.11. The number of nitrogens with one attached hydrogen (secondary N) is 1. The van der Waals surface area contributed by atoms with Gasteiger partial charge in [0.1, 0.15) is 10.7 Å². The van der Waals surface area contributed by atoms with Crippen LogP contribution in [-0.2, 0) is 4.74 Å². The Balaban J connectivity index is 1.33. The molecule has 1 saturated heterocycles. The van der Waals surface area contributed by atoms with Gasteiger partial charge in [-0.15, -0.1) is 0 Å². The number of nitrogens with two attached hydrogens (primary N) is 1. The lowest BCUT2D eigenvalue weighted by molar-refractivity contribution is 0.0959. The molecule has 1 aliphatic heterocycles. The number of fused-ring (bicyclic) bond motifs is 1. The molecule has 0 unspecified atom stereocenters. The first-order valence-corrected chi connectivity index (χ1v) is 12.5. The van der Waals surface area contributed by atoms with Crippen LogP contribution in [-0.4, -0.2) is 42.5 Å². The topological polar surface area (TPSA) is 84.9 Å². The fourth-order valence-corrected chi connectivity index (χ4v) is 5.35. The number of nitrogen functional groups attached to an aromatic ring is 1. The van der Waals surface area contributed by atoms with Crippen LogP contribution in [0, 0.1) is 3.95 Å². The molecule has 35 heavy (non-hydrogen) atoms. The Kier molecular flexibility index (Phi) is 6.63. The number of thiazole rings is 1. The number of carbonyl (C=O) groups excluding carboxylic acids is 1. The zero-order valence-electron chi connectivity index (χ0n) is 19.2. The lowest BCUT2D eigenvalue weighted by atomic mass is 10.1. The quantitative estimate of drug-likeness (QED) is 0.228. The van der Waals surface area contributed by atoms with Crippen LogP contribution in [0.25, 0.3) is 16.5 Å². The van der Waals surface area contributed by atoms with Crippen molar-refractivity contribution in [3.63, 3.8) is 0 Å². The number of hydrazone groups is 1. The van der Waals surface area contributed by atoms with Crippen LogP contribution in [0.15, 0.2) is 71.8 Å². The number of nitrogens with zero attached hydrogens (tertiary/aromatic N) is 3. The van der Waals surface area contributed by atoms with E-state index in [1.165, 1.54) is 11.3 Å². The van der Waals surface area contributed by atoms with Gasteiger partial charge in [-0.05, 0) is 59.7 Å². The van der Waals surface area contributed by atoms with Crippen LogP contribution in [0.2, 0.25) is 0 Å². The summed E-state index contributed by atoms with van der Waals surface area (Å²) in [6, 6.07) is 22.2. The first-order valence-electron chi connectivity index (χ1n) is 11.3. The van der Waals surface area contributed by atoms with Gasteiger partial charge in [0, 0.05) is 24.5 Å². The van der Waals surface area contributed by atoms with E-state index in [-0.39, 0.29) is 5.91 Å². The molecule has 0 bridgehead atoms. The minimum absolute atomic E-state index is 0.301. The summed E-state index contributed by atoms with van der Waals surface area (Å²) in [5, 5.41) is 6.49. The molecular formula is C26H25N5O2S2. The van der Waals surface area contributed by atoms with Gasteiger partial charge in [-0.1, -0.05) is 53.8 Å². The maximum absolute atomic E-state index is 12.9. The summed E-state index contributed by atoms with van der Waals surface area (Å²) in [4.78, 5) is 15.5. The maximum Gasteiger partial charge on any atom is 0.285 e. The van der Waals surface area contributed by atoms with E-state index >= 15 is 0 Å². The number of benzene rings is 3. The Morgan fingerprint density at radius 1 is 1.03 bits per heavy atom. The summed E-state index contributed by atoms with van der Waals surface area (Å²) in [6.07, 6.45) is 0. The minimum Gasteiger partial charge on any atom is -0.383 e. The molecule has 4 aromatic rings. The molecule has 9 heteroatoms. The predicted molar refractivity (Wildman–Crippen MR) is 146 cm³/mol. The van der Waals surface area contributed by atoms with Crippen LogP contribution >= 0.6 is 23.6 Å². The second-order valence-electron chi connectivity index (χ2n) is 8.23. The van der Waals surface area contributed by atoms with Gasteiger partial charge in [0.2, 0.25) is 0 Å². The Morgan fingerprint density at radius 3 is 2.46 bits per heavy atom. The smallest absolute Gasteiger partial charge is 0.285 e. The van der Waals surface area contributed by atoms with Crippen LogP contribution < -0.4 is 16.1 Å². The monoisotopic (exact) mass is 503 g/mol. The normalized spacial score (nSPS) is 14.3. The third-order valence-corrected chi connectivity index (χ3v) is 7.42. The minimum atomic E-state index is -0.387. The number of amides is 1. The van der Waals surface area contributed by atoms with Gasteiger partial charge in [0.15, 0.2) is 3.95 Å². The summed E-state index contributed by atoms with van der Waals surface area (Å²) in [5.41, 5.74) is 12.6. The molecule has 7 nitrogen and oxygen atoms in total. The Labute approximate surface area is 212 Å². The molecule has 0 atom stereocenters. The fourth-order valence-electron chi connectivity index (χ4n) is 4.09. The molecule has 0 radical (unpaired) electrons. The van der Waals surface area contributed by atoms with Gasteiger partial charge in [0.25, 0.3) is 5.91 Å². The van der Waals surface area contributed by atoms with Crippen molar-refractivity contribution in [1.29, 1.82) is 0 Å². The highest BCUT2D eigenvalue weighted by Gasteiger charge is 2.18. The van der Waals surface area contributed by atoms with Gasteiger partial charge in [-0.2, -0.15) is 5.10 Å².